The Morgan fingerprint density at radius 2 is 1.76 bits per heavy atom. The third-order valence-electron chi connectivity index (χ3n) is 3.21. The van der Waals surface area contributed by atoms with Gasteiger partial charge in [-0.2, -0.15) is 0 Å². The van der Waals surface area contributed by atoms with E-state index in [-0.39, 0.29) is 4.90 Å². The van der Waals surface area contributed by atoms with Gasteiger partial charge < -0.3 is 10.5 Å². The van der Waals surface area contributed by atoms with Crippen LogP contribution in [0.3, 0.4) is 0 Å². The minimum Gasteiger partial charge on any atom is -0.496 e. The minimum absolute atomic E-state index is 0.138. The third kappa shape index (κ3) is 3.28. The summed E-state index contributed by atoms with van der Waals surface area (Å²) in [6.45, 7) is 3.67. The van der Waals surface area contributed by atoms with Crippen LogP contribution in [0.15, 0.2) is 41.3 Å². The molecule has 6 heteroatoms. The quantitative estimate of drug-likeness (QED) is 0.851. The van der Waals surface area contributed by atoms with Crippen molar-refractivity contribution in [1.82, 2.24) is 0 Å². The molecule has 0 heterocycles. The van der Waals surface area contributed by atoms with Crippen LogP contribution in [0, 0.1) is 13.8 Å². The summed E-state index contributed by atoms with van der Waals surface area (Å²) in [7, 11) is -2.09. The van der Waals surface area contributed by atoms with Crippen molar-refractivity contribution in [1.29, 1.82) is 0 Å². The molecule has 0 bridgehead atoms. The predicted octanol–water partition coefficient (Wildman–Crippen LogP) is 2.70. The summed E-state index contributed by atoms with van der Waals surface area (Å²) in [6.07, 6.45) is 0. The molecule has 0 spiro atoms. The summed E-state index contributed by atoms with van der Waals surface area (Å²) in [5.74, 6) is 0.706. The van der Waals surface area contributed by atoms with Gasteiger partial charge in [0.05, 0.1) is 12.0 Å². The summed E-state index contributed by atoms with van der Waals surface area (Å²) < 4.78 is 32.4. The molecule has 112 valence electrons. The highest BCUT2D eigenvalue weighted by molar-refractivity contribution is 7.92. The van der Waals surface area contributed by atoms with Gasteiger partial charge in [0.2, 0.25) is 0 Å². The number of anilines is 2. The lowest BCUT2D eigenvalue weighted by Gasteiger charge is -2.11. The average molecular weight is 306 g/mol. The molecule has 0 atom stereocenters. The van der Waals surface area contributed by atoms with E-state index >= 15 is 0 Å². The number of nitrogen functional groups attached to an aromatic ring is 1. The Hall–Kier alpha value is -2.21. The van der Waals surface area contributed by atoms with Crippen LogP contribution < -0.4 is 15.2 Å². The molecule has 0 saturated heterocycles. The van der Waals surface area contributed by atoms with Crippen LogP contribution in [-0.4, -0.2) is 15.5 Å². The van der Waals surface area contributed by atoms with E-state index in [4.69, 9.17) is 10.5 Å². The lowest BCUT2D eigenvalue weighted by Crippen LogP contribution is -2.13. The van der Waals surface area contributed by atoms with Gasteiger partial charge in [0.15, 0.2) is 0 Å². The molecule has 2 aromatic rings. The summed E-state index contributed by atoms with van der Waals surface area (Å²) in [4.78, 5) is 0.138. The van der Waals surface area contributed by atoms with Crippen molar-refractivity contribution in [2.24, 2.45) is 0 Å². The minimum atomic E-state index is -3.66. The topological polar surface area (TPSA) is 81.4 Å². The molecule has 0 amide bonds. The Bertz CT molecular complexity index is 770. The van der Waals surface area contributed by atoms with Crippen molar-refractivity contribution in [2.45, 2.75) is 18.7 Å². The van der Waals surface area contributed by atoms with Crippen molar-refractivity contribution < 1.29 is 13.2 Å². The Kier molecular flexibility index (Phi) is 4.09. The first-order valence-electron chi connectivity index (χ1n) is 6.37. The fourth-order valence-electron chi connectivity index (χ4n) is 1.94. The first kappa shape index (κ1) is 15.2. The highest BCUT2D eigenvalue weighted by Crippen LogP contribution is 2.24. The molecule has 0 fully saturated rings. The Morgan fingerprint density at radius 3 is 2.33 bits per heavy atom. The summed E-state index contributed by atoms with van der Waals surface area (Å²) >= 11 is 0. The average Bonchev–Trinajstić information content (AvgIpc) is 2.41. The van der Waals surface area contributed by atoms with Crippen molar-refractivity contribution in [3.8, 4) is 5.75 Å². The van der Waals surface area contributed by atoms with E-state index in [2.05, 4.69) is 4.72 Å². The molecule has 21 heavy (non-hydrogen) atoms. The first-order chi connectivity index (χ1) is 9.83. The molecule has 3 N–H and O–H groups in total. The molecular weight excluding hydrogens is 288 g/mol. The van der Waals surface area contributed by atoms with Gasteiger partial charge in [-0.25, -0.2) is 8.42 Å². The number of hydrogen-bond acceptors (Lipinski definition) is 4. The van der Waals surface area contributed by atoms with Crippen molar-refractivity contribution in [3.05, 3.63) is 47.5 Å². The lowest BCUT2D eigenvalue weighted by molar-refractivity contribution is 0.412. The van der Waals surface area contributed by atoms with Crippen LogP contribution in [0.25, 0.3) is 0 Å². The van der Waals surface area contributed by atoms with Gasteiger partial charge in [0.25, 0.3) is 10.0 Å². The van der Waals surface area contributed by atoms with Gasteiger partial charge in [-0.15, -0.1) is 0 Å². The number of benzene rings is 2. The Balaban J connectivity index is 2.32. The van der Waals surface area contributed by atoms with Gasteiger partial charge >= 0.3 is 0 Å². The van der Waals surface area contributed by atoms with Crippen molar-refractivity contribution in [3.63, 3.8) is 0 Å². The van der Waals surface area contributed by atoms with Crippen LogP contribution in [-0.2, 0) is 10.0 Å². The molecule has 2 rings (SSSR count). The summed E-state index contributed by atoms with van der Waals surface area (Å²) in [5.41, 5.74) is 8.38. The van der Waals surface area contributed by atoms with E-state index in [0.29, 0.717) is 17.1 Å². The molecule has 5 nitrogen and oxygen atoms in total. The fourth-order valence-corrected chi connectivity index (χ4v) is 3.03. The molecule has 0 aliphatic rings. The van der Waals surface area contributed by atoms with Gasteiger partial charge in [0.1, 0.15) is 5.75 Å². The van der Waals surface area contributed by atoms with Gasteiger partial charge in [-0.1, -0.05) is 6.07 Å². The monoisotopic (exact) mass is 306 g/mol. The zero-order valence-electron chi connectivity index (χ0n) is 12.2. The SMILES string of the molecule is COc1ccc(NS(=O)(=O)c2ccc(C)c(N)c2)cc1C. The maximum absolute atomic E-state index is 12.3. The Labute approximate surface area is 124 Å². The number of nitrogens with one attached hydrogen (secondary N) is 1. The molecule has 0 radical (unpaired) electrons. The molecule has 0 aliphatic carbocycles. The fraction of sp³-hybridized carbons (Fsp3) is 0.200. The van der Waals surface area contributed by atoms with Crippen molar-refractivity contribution >= 4 is 21.4 Å². The van der Waals surface area contributed by atoms with E-state index in [1.54, 1.807) is 31.4 Å². The van der Waals surface area contributed by atoms with E-state index in [9.17, 15) is 8.42 Å². The summed E-state index contributed by atoms with van der Waals surface area (Å²) in [6, 6.07) is 9.76. The second-order valence-electron chi connectivity index (χ2n) is 4.81. The standard InChI is InChI=1S/C15H18N2O3S/c1-10-4-6-13(9-14(10)16)21(18,19)17-12-5-7-15(20-3)11(2)8-12/h4-9,17H,16H2,1-3H3. The molecule has 0 saturated carbocycles. The van der Waals surface area contributed by atoms with Gasteiger partial charge in [-0.3, -0.25) is 4.72 Å². The van der Waals surface area contributed by atoms with Gasteiger partial charge in [0, 0.05) is 11.4 Å². The largest absolute Gasteiger partial charge is 0.496 e. The van der Waals surface area contributed by atoms with Gasteiger partial charge in [-0.05, 0) is 55.3 Å². The molecular formula is C15H18N2O3S. The molecule has 0 aliphatic heterocycles. The van der Waals surface area contributed by atoms with E-state index in [1.165, 1.54) is 12.1 Å². The van der Waals surface area contributed by atoms with Crippen LogP contribution in [0.2, 0.25) is 0 Å². The zero-order chi connectivity index (χ0) is 15.6. The maximum atomic E-state index is 12.3. The molecule has 0 aromatic heterocycles. The van der Waals surface area contributed by atoms with Crippen LogP contribution in [0.5, 0.6) is 5.75 Å². The normalized spacial score (nSPS) is 11.2. The highest BCUT2D eigenvalue weighted by atomic mass is 32.2. The van der Waals surface area contributed by atoms with E-state index in [0.717, 1.165) is 11.1 Å². The number of rotatable bonds is 4. The van der Waals surface area contributed by atoms with Crippen LogP contribution >= 0.6 is 0 Å². The lowest BCUT2D eigenvalue weighted by atomic mass is 10.2. The number of hydrogen-bond donors (Lipinski definition) is 2. The second-order valence-corrected chi connectivity index (χ2v) is 6.49. The molecule has 2 aromatic carbocycles. The summed E-state index contributed by atoms with van der Waals surface area (Å²) in [5, 5.41) is 0. The number of ether oxygens (including phenoxy) is 1. The number of sulfonamides is 1. The number of nitrogens with two attached hydrogens (primary N) is 1. The predicted molar refractivity (Wildman–Crippen MR) is 84.1 cm³/mol. The smallest absolute Gasteiger partial charge is 0.261 e. The maximum Gasteiger partial charge on any atom is 0.261 e. The highest BCUT2D eigenvalue weighted by Gasteiger charge is 2.15. The van der Waals surface area contributed by atoms with Crippen LogP contribution in [0.1, 0.15) is 11.1 Å². The zero-order valence-corrected chi connectivity index (χ0v) is 13.0. The molecule has 0 unspecified atom stereocenters. The number of aryl methyl sites for hydroxylation is 2. The third-order valence-corrected chi connectivity index (χ3v) is 4.59. The van der Waals surface area contributed by atoms with Crippen molar-refractivity contribution in [2.75, 3.05) is 17.6 Å². The number of methoxy groups -OCH3 is 1. The van der Waals surface area contributed by atoms with Crippen LogP contribution in [0.4, 0.5) is 11.4 Å². The second kappa shape index (κ2) is 5.65. The Morgan fingerprint density at radius 1 is 1.05 bits per heavy atom. The van der Waals surface area contributed by atoms with E-state index < -0.39 is 10.0 Å². The first-order valence-corrected chi connectivity index (χ1v) is 7.85. The van der Waals surface area contributed by atoms with E-state index in [1.807, 2.05) is 13.8 Å².